The van der Waals surface area contributed by atoms with Gasteiger partial charge in [0, 0.05) is 15.2 Å². The van der Waals surface area contributed by atoms with Gasteiger partial charge in [0.25, 0.3) is 0 Å². The zero-order chi connectivity index (χ0) is 21.7. The molecule has 3 rings (SSSR count). The molecule has 0 fully saturated rings. The predicted octanol–water partition coefficient (Wildman–Crippen LogP) is 7.15. The van der Waals surface area contributed by atoms with Crippen molar-refractivity contribution < 1.29 is 27.2 Å². The molecule has 0 heterocycles. The summed E-state index contributed by atoms with van der Waals surface area (Å²) in [6, 6.07) is 17.6. The van der Waals surface area contributed by atoms with E-state index in [4.69, 9.17) is 18.1 Å². The summed E-state index contributed by atoms with van der Waals surface area (Å²) in [6.45, 7) is 7.47. The van der Waals surface area contributed by atoms with Gasteiger partial charge in [0.2, 0.25) is 0 Å². The molecule has 0 amide bonds. The summed E-state index contributed by atoms with van der Waals surface area (Å²) in [6.07, 6.45) is 0. The van der Waals surface area contributed by atoms with Crippen molar-refractivity contribution in [3.05, 3.63) is 82.9 Å². The van der Waals surface area contributed by atoms with Crippen molar-refractivity contribution in [3.8, 4) is 23.0 Å². The first kappa shape index (κ1) is 21.8. The quantitative estimate of drug-likeness (QED) is 0.344. The topological polar surface area (TPSA) is 71.1 Å². The van der Waals surface area contributed by atoms with Crippen molar-refractivity contribution in [3.63, 3.8) is 0 Å². The molecule has 2 unspecified atom stereocenters. The van der Waals surface area contributed by atoms with Gasteiger partial charge in [-0.05, 0) is 62.1 Å². The molecule has 0 aliphatic heterocycles. The Kier molecular flexibility index (Phi) is 7.04. The lowest BCUT2D eigenvalue weighted by molar-refractivity contribution is 0.407. The van der Waals surface area contributed by atoms with Gasteiger partial charge < -0.3 is 0 Å². The highest BCUT2D eigenvalue weighted by atomic mass is 31.1. The Morgan fingerprint density at radius 1 is 0.533 bits per heavy atom. The van der Waals surface area contributed by atoms with Crippen molar-refractivity contribution in [1.29, 1.82) is 0 Å². The summed E-state index contributed by atoms with van der Waals surface area (Å²) in [7, 11) is -4.91. The molecule has 154 valence electrons. The summed E-state index contributed by atoms with van der Waals surface area (Å²) in [5.41, 5.74) is 3.44. The fourth-order valence-corrected chi connectivity index (χ4v) is 4.35. The lowest BCUT2D eigenvalue weighted by atomic mass is 10.1. The van der Waals surface area contributed by atoms with Crippen LogP contribution in [0.25, 0.3) is 0 Å². The van der Waals surface area contributed by atoms with E-state index in [1.165, 1.54) is 6.07 Å². The molecule has 3 aromatic carbocycles. The van der Waals surface area contributed by atoms with Gasteiger partial charge in [0.05, 0.1) is 0 Å². The van der Waals surface area contributed by atoms with Gasteiger partial charge in [0.15, 0.2) is 23.0 Å². The van der Waals surface area contributed by atoms with Crippen molar-refractivity contribution >= 4 is 16.5 Å². The highest BCUT2D eigenvalue weighted by Gasteiger charge is 2.29. The van der Waals surface area contributed by atoms with Crippen LogP contribution in [0.15, 0.2) is 60.7 Å². The van der Waals surface area contributed by atoms with Crippen LogP contribution in [-0.2, 0) is 9.13 Å². The molecule has 0 aromatic heterocycles. The second-order valence-corrected chi connectivity index (χ2v) is 8.35. The van der Waals surface area contributed by atoms with E-state index in [1.807, 2.05) is 64.1 Å². The van der Waals surface area contributed by atoms with E-state index in [0.29, 0.717) is 11.5 Å². The second-order valence-electron chi connectivity index (χ2n) is 6.73. The largest absolute Gasteiger partial charge is 0.805 e. The monoisotopic (exact) mass is 444 g/mol. The highest BCUT2D eigenvalue weighted by molar-refractivity contribution is 7.34. The molecule has 0 spiro atoms. The van der Waals surface area contributed by atoms with Crippen LogP contribution >= 0.6 is 16.5 Å². The summed E-state index contributed by atoms with van der Waals surface area (Å²) in [5, 5.41) is 0. The first-order valence-electron chi connectivity index (χ1n) is 9.22. The minimum Gasteiger partial charge on any atom is -0.222 e. The van der Waals surface area contributed by atoms with E-state index < -0.39 is 16.5 Å². The van der Waals surface area contributed by atoms with Gasteiger partial charge in [-0.25, -0.2) is 18.1 Å². The van der Waals surface area contributed by atoms with E-state index in [1.54, 1.807) is 18.2 Å². The summed E-state index contributed by atoms with van der Waals surface area (Å²) >= 11 is 0. The van der Waals surface area contributed by atoms with Gasteiger partial charge >= 0.3 is 16.5 Å². The fourth-order valence-electron chi connectivity index (χ4n) is 2.83. The molecule has 0 bridgehead atoms. The van der Waals surface area contributed by atoms with Crippen LogP contribution in [0.1, 0.15) is 22.3 Å². The number of hydrogen-bond donors (Lipinski definition) is 0. The van der Waals surface area contributed by atoms with E-state index >= 15 is 0 Å². The van der Waals surface area contributed by atoms with Crippen LogP contribution in [0, 0.1) is 27.7 Å². The lowest BCUT2D eigenvalue weighted by Crippen LogP contribution is -1.94. The Bertz CT molecular complexity index is 973. The first-order valence-corrected chi connectivity index (χ1v) is 11.4. The minimum absolute atomic E-state index is 0.260. The molecule has 6 nitrogen and oxygen atoms in total. The molecule has 2 atom stereocenters. The van der Waals surface area contributed by atoms with Gasteiger partial charge in [-0.15, -0.1) is 0 Å². The maximum atomic E-state index is 12.3. The van der Waals surface area contributed by atoms with Crippen molar-refractivity contribution in [2.75, 3.05) is 0 Å². The van der Waals surface area contributed by atoms with Crippen molar-refractivity contribution in [2.45, 2.75) is 27.7 Å². The average Bonchev–Trinajstić information content (AvgIpc) is 2.68. The second kappa shape index (κ2) is 9.71. The molecule has 0 aliphatic carbocycles. The number of para-hydroxylation sites is 2. The fraction of sp³-hybridized carbons (Fsp3) is 0.182. The van der Waals surface area contributed by atoms with Crippen LogP contribution in [0.2, 0.25) is 0 Å². The SMILES string of the molecule is Cc1cccc(C)c1O[P+](=O)Oc1cccc(O[P+](=O)Oc2c(C)cccc2C)c1. The standard InChI is InChI=1S/C22H22O6P2/c1-15-8-5-9-16(2)21(15)27-29(23)25-19-12-7-13-20(14-19)26-30(24)28-22-17(3)10-6-11-18(22)4/h5-14H,1-4H3/q+2. The number of benzene rings is 3. The summed E-state index contributed by atoms with van der Waals surface area (Å²) < 4.78 is 46.3. The Hall–Kier alpha value is -2.94. The van der Waals surface area contributed by atoms with Crippen molar-refractivity contribution in [1.82, 2.24) is 0 Å². The normalized spacial score (nSPS) is 11.5. The van der Waals surface area contributed by atoms with Crippen LogP contribution in [-0.4, -0.2) is 0 Å². The highest BCUT2D eigenvalue weighted by Crippen LogP contribution is 2.38. The van der Waals surface area contributed by atoms with Crippen LogP contribution in [0.3, 0.4) is 0 Å². The molecule has 0 N–H and O–H groups in total. The molecule has 0 radical (unpaired) electrons. The van der Waals surface area contributed by atoms with Gasteiger partial charge in [0.1, 0.15) is 0 Å². The third-order valence-corrected chi connectivity index (χ3v) is 5.70. The van der Waals surface area contributed by atoms with Gasteiger partial charge in [-0.3, -0.25) is 0 Å². The smallest absolute Gasteiger partial charge is 0.222 e. The predicted molar refractivity (Wildman–Crippen MR) is 116 cm³/mol. The molecular weight excluding hydrogens is 422 g/mol. The Labute approximate surface area is 177 Å². The average molecular weight is 444 g/mol. The zero-order valence-corrected chi connectivity index (χ0v) is 18.9. The van der Waals surface area contributed by atoms with E-state index in [-0.39, 0.29) is 11.5 Å². The molecule has 0 saturated heterocycles. The third kappa shape index (κ3) is 5.56. The number of rotatable bonds is 8. The van der Waals surface area contributed by atoms with Gasteiger partial charge in [-0.1, -0.05) is 42.5 Å². The summed E-state index contributed by atoms with van der Waals surface area (Å²) in [5.74, 6) is 1.57. The minimum atomic E-state index is -2.46. The lowest BCUT2D eigenvalue weighted by Gasteiger charge is -2.03. The third-order valence-electron chi connectivity index (χ3n) is 4.31. The maximum Gasteiger partial charge on any atom is 0.805 e. The number of aryl methyl sites for hydroxylation is 4. The van der Waals surface area contributed by atoms with Gasteiger partial charge in [-0.2, -0.15) is 0 Å². The maximum absolute atomic E-state index is 12.3. The molecule has 30 heavy (non-hydrogen) atoms. The molecule has 3 aromatic rings. The van der Waals surface area contributed by atoms with E-state index in [0.717, 1.165) is 22.3 Å². The molecule has 8 heteroatoms. The van der Waals surface area contributed by atoms with Crippen molar-refractivity contribution in [2.24, 2.45) is 0 Å². The van der Waals surface area contributed by atoms with E-state index in [2.05, 4.69) is 0 Å². The zero-order valence-electron chi connectivity index (χ0n) is 17.1. The van der Waals surface area contributed by atoms with Crippen LogP contribution in [0.5, 0.6) is 23.0 Å². The molecule has 0 saturated carbocycles. The van der Waals surface area contributed by atoms with E-state index in [9.17, 15) is 9.13 Å². The Morgan fingerprint density at radius 2 is 0.867 bits per heavy atom. The Morgan fingerprint density at radius 3 is 1.23 bits per heavy atom. The van der Waals surface area contributed by atoms with Crippen LogP contribution in [0.4, 0.5) is 0 Å². The number of hydrogen-bond acceptors (Lipinski definition) is 6. The Balaban J connectivity index is 1.64. The summed E-state index contributed by atoms with van der Waals surface area (Å²) in [4.78, 5) is 0. The van der Waals surface area contributed by atoms with Crippen LogP contribution < -0.4 is 18.1 Å². The molecule has 0 aliphatic rings. The molecular formula is C22H22O6P2+2. The first-order chi connectivity index (χ1) is 14.3.